The second kappa shape index (κ2) is 47.1. The average molecular weight is 992 g/mol. The summed E-state index contributed by atoms with van der Waals surface area (Å²) in [5, 5.41) is 56.7. The summed E-state index contributed by atoms with van der Waals surface area (Å²) < 4.78 is 17.5. The number of ether oxygens (including phenoxy) is 3. The van der Waals surface area contributed by atoms with E-state index in [1.165, 1.54) is 51.4 Å². The van der Waals surface area contributed by atoms with E-state index in [4.69, 9.17) is 14.2 Å². The zero-order chi connectivity index (χ0) is 51.8. The van der Waals surface area contributed by atoms with Crippen LogP contribution >= 0.6 is 0 Å². The molecule has 1 heterocycles. The van der Waals surface area contributed by atoms with Crippen molar-refractivity contribution in [2.24, 2.45) is 0 Å². The van der Waals surface area contributed by atoms with E-state index >= 15 is 0 Å². The Kier molecular flexibility index (Phi) is 43.2. The van der Waals surface area contributed by atoms with Crippen molar-refractivity contribution in [3.8, 4) is 0 Å². The van der Waals surface area contributed by atoms with Gasteiger partial charge in [0.15, 0.2) is 12.4 Å². The van der Waals surface area contributed by atoms with Crippen LogP contribution < -0.4 is 5.32 Å². The van der Waals surface area contributed by atoms with Crippen molar-refractivity contribution in [2.45, 2.75) is 230 Å². The Morgan fingerprint density at radius 1 is 0.563 bits per heavy atom. The summed E-state index contributed by atoms with van der Waals surface area (Å²) in [5.41, 5.74) is 0. The molecule has 0 aromatic rings. The van der Waals surface area contributed by atoms with Crippen LogP contribution in [0.4, 0.5) is 0 Å². The molecule has 402 valence electrons. The number of allylic oxidation sites excluding steroid dienone is 19. The number of amides is 1. The number of rotatable bonds is 43. The van der Waals surface area contributed by atoms with Gasteiger partial charge in [-0.1, -0.05) is 232 Å². The Morgan fingerprint density at radius 3 is 1.52 bits per heavy atom. The molecule has 0 radical (unpaired) electrons. The Morgan fingerprint density at radius 2 is 1.01 bits per heavy atom. The molecule has 0 spiro atoms. The van der Waals surface area contributed by atoms with E-state index in [1.807, 2.05) is 91.1 Å². The monoisotopic (exact) mass is 992 g/mol. The normalized spacial score (nSPS) is 20.6. The first-order valence-electron chi connectivity index (χ1n) is 27.4. The number of hydrogen-bond donors (Lipinski definition) is 6. The topological polar surface area (TPSA) is 175 Å². The molecule has 11 heteroatoms. The molecule has 1 aliphatic rings. The van der Waals surface area contributed by atoms with E-state index in [2.05, 4.69) is 50.4 Å². The molecular weight excluding hydrogens is 895 g/mol. The number of aliphatic hydroxyl groups is 5. The molecule has 6 N–H and O–H groups in total. The summed E-state index contributed by atoms with van der Waals surface area (Å²) in [6.45, 7) is 5.43. The number of hydrogen-bond acceptors (Lipinski definition) is 10. The lowest BCUT2D eigenvalue weighted by Crippen LogP contribution is -2.61. The molecule has 1 fully saturated rings. The molecule has 1 aliphatic heterocycles. The highest BCUT2D eigenvalue weighted by atomic mass is 16.7. The molecule has 0 aromatic heterocycles. The van der Waals surface area contributed by atoms with Crippen LogP contribution in [0.25, 0.3) is 0 Å². The Bertz CT molecular complexity index is 1610. The quantitative estimate of drug-likeness (QED) is 0.0149. The number of carbonyl (C=O) groups excluding carboxylic acids is 2. The average Bonchev–Trinajstić information content (AvgIpc) is 3.37. The van der Waals surface area contributed by atoms with Gasteiger partial charge < -0.3 is 45.1 Å². The van der Waals surface area contributed by atoms with Crippen LogP contribution in [0, 0.1) is 0 Å². The second-order valence-corrected chi connectivity index (χ2v) is 18.4. The maximum atomic E-state index is 13.4. The molecule has 8 atom stereocenters. The summed E-state index contributed by atoms with van der Waals surface area (Å²) in [5.74, 6) is -1.28. The van der Waals surface area contributed by atoms with Gasteiger partial charge >= 0.3 is 5.97 Å². The lowest BCUT2D eigenvalue weighted by atomic mass is 9.99. The van der Waals surface area contributed by atoms with E-state index in [0.29, 0.717) is 12.8 Å². The third kappa shape index (κ3) is 35.8. The van der Waals surface area contributed by atoms with Crippen LogP contribution in [0.15, 0.2) is 122 Å². The largest absolute Gasteiger partial charge is 0.454 e. The van der Waals surface area contributed by atoms with E-state index in [-0.39, 0.29) is 19.4 Å². The van der Waals surface area contributed by atoms with Crippen molar-refractivity contribution < 1.29 is 49.3 Å². The first-order valence-corrected chi connectivity index (χ1v) is 27.4. The third-order valence-electron chi connectivity index (χ3n) is 12.1. The van der Waals surface area contributed by atoms with Gasteiger partial charge in [-0.15, -0.1) is 0 Å². The van der Waals surface area contributed by atoms with Crippen LogP contribution in [0.2, 0.25) is 0 Å². The van der Waals surface area contributed by atoms with Crippen molar-refractivity contribution in [3.63, 3.8) is 0 Å². The summed E-state index contributed by atoms with van der Waals surface area (Å²) in [4.78, 5) is 26.4. The minimum Gasteiger partial charge on any atom is -0.454 e. The van der Waals surface area contributed by atoms with Crippen LogP contribution in [0.1, 0.15) is 181 Å². The van der Waals surface area contributed by atoms with Crippen molar-refractivity contribution in [1.29, 1.82) is 0 Å². The highest BCUT2D eigenvalue weighted by Gasteiger charge is 2.47. The number of esters is 1. The molecule has 71 heavy (non-hydrogen) atoms. The maximum Gasteiger partial charge on any atom is 0.306 e. The van der Waals surface area contributed by atoms with Crippen molar-refractivity contribution in [2.75, 3.05) is 13.2 Å². The van der Waals surface area contributed by atoms with Gasteiger partial charge in [-0.05, 0) is 64.2 Å². The summed E-state index contributed by atoms with van der Waals surface area (Å²) in [7, 11) is 0. The highest BCUT2D eigenvalue weighted by Crippen LogP contribution is 2.26. The summed E-state index contributed by atoms with van der Waals surface area (Å²) in [6.07, 6.45) is 53.8. The molecule has 0 aliphatic carbocycles. The van der Waals surface area contributed by atoms with E-state index in [1.54, 1.807) is 6.08 Å². The number of nitrogens with one attached hydrogen (secondary N) is 1. The molecular formula is C60H97NO10. The predicted molar refractivity (Wildman–Crippen MR) is 291 cm³/mol. The minimum absolute atomic E-state index is 0.0638. The predicted octanol–water partition coefficient (Wildman–Crippen LogP) is 11.9. The number of aliphatic hydroxyl groups excluding tert-OH is 5. The van der Waals surface area contributed by atoms with Crippen molar-refractivity contribution >= 4 is 11.9 Å². The van der Waals surface area contributed by atoms with Gasteiger partial charge in [0, 0.05) is 6.42 Å². The molecule has 1 amide bonds. The Hall–Kier alpha value is -3.94. The van der Waals surface area contributed by atoms with E-state index < -0.39 is 67.4 Å². The van der Waals surface area contributed by atoms with Gasteiger partial charge in [0.1, 0.15) is 24.4 Å². The van der Waals surface area contributed by atoms with Crippen LogP contribution in [0.5, 0.6) is 0 Å². The minimum atomic E-state index is -1.64. The van der Waals surface area contributed by atoms with Crippen LogP contribution in [-0.4, -0.2) is 99.6 Å². The second-order valence-electron chi connectivity index (χ2n) is 18.4. The fourth-order valence-electron chi connectivity index (χ4n) is 7.74. The molecule has 1 saturated heterocycles. The number of carbonyl (C=O) groups is 2. The first kappa shape index (κ1) is 65.1. The molecule has 11 nitrogen and oxygen atoms in total. The SMILES string of the molecule is CC/C=C/C=C/C=C\C=C/C=C/CCCCCC(=O)OC1C(OCC(NC(=O)C(O)CCCCCC\C=C/C=C/C=C/C=C/CC)C(O)/C=C/CCCCCCCCCCCCC)OC(CO)C(O)C1O. The van der Waals surface area contributed by atoms with Gasteiger partial charge in [-0.2, -0.15) is 0 Å². The Balaban J connectivity index is 2.83. The number of unbranched alkanes of at least 4 members (excludes halogenated alkanes) is 18. The summed E-state index contributed by atoms with van der Waals surface area (Å²) in [6, 6.07) is -1.05. The lowest BCUT2D eigenvalue weighted by molar-refractivity contribution is -0.305. The molecule has 0 saturated carbocycles. The zero-order valence-electron chi connectivity index (χ0n) is 44.0. The molecule has 1 rings (SSSR count). The fourth-order valence-corrected chi connectivity index (χ4v) is 7.74. The zero-order valence-corrected chi connectivity index (χ0v) is 44.0. The third-order valence-corrected chi connectivity index (χ3v) is 12.1. The van der Waals surface area contributed by atoms with Crippen molar-refractivity contribution in [3.05, 3.63) is 122 Å². The summed E-state index contributed by atoms with van der Waals surface area (Å²) >= 11 is 0. The molecule has 8 unspecified atom stereocenters. The Labute approximate surface area is 430 Å². The van der Waals surface area contributed by atoms with E-state index in [9.17, 15) is 35.1 Å². The fraction of sp³-hybridized carbons (Fsp3) is 0.633. The van der Waals surface area contributed by atoms with Crippen LogP contribution in [0.3, 0.4) is 0 Å². The van der Waals surface area contributed by atoms with Gasteiger partial charge in [-0.3, -0.25) is 9.59 Å². The highest BCUT2D eigenvalue weighted by molar-refractivity contribution is 5.80. The van der Waals surface area contributed by atoms with Crippen LogP contribution in [-0.2, 0) is 23.8 Å². The first-order chi connectivity index (χ1) is 34.7. The van der Waals surface area contributed by atoms with Gasteiger partial charge in [-0.25, -0.2) is 0 Å². The standard InChI is InChI=1S/C60H97NO10/c1-4-7-10-13-16-19-22-25-27-30-33-36-39-42-45-48-55(65)71-58-57(67)56(66)54(49-62)70-60(58)69-50-51(52(63)46-43-40-37-34-31-28-24-21-18-15-12-9-6-3)61-59(68)53(64)47-44-41-38-35-32-29-26-23-20-17-14-11-8-5-2/h7-8,10-11,13-14,16-17,19-20,22-23,25-27,29-30,33,43,46,51-54,56-58,60,62-64,66-67H,4-6,9,12,15,18,21,24,28,31-32,34-42,44-45,47-50H2,1-3H3,(H,61,68)/b10-7+,11-8+,16-13+,17-14+,22-19-,23-20+,27-25-,29-26-,33-30+,46-43+. The van der Waals surface area contributed by atoms with Gasteiger partial charge in [0.05, 0.1) is 25.4 Å². The molecule has 0 bridgehead atoms. The smallest absolute Gasteiger partial charge is 0.306 e. The van der Waals surface area contributed by atoms with Gasteiger partial charge in [0.25, 0.3) is 0 Å². The lowest BCUT2D eigenvalue weighted by Gasteiger charge is -2.41. The van der Waals surface area contributed by atoms with E-state index in [0.717, 1.165) is 83.5 Å². The van der Waals surface area contributed by atoms with Gasteiger partial charge in [0.2, 0.25) is 5.91 Å². The molecule has 0 aromatic carbocycles. The van der Waals surface area contributed by atoms with Crippen molar-refractivity contribution in [1.82, 2.24) is 5.32 Å². The maximum absolute atomic E-state index is 13.4.